The van der Waals surface area contributed by atoms with Crippen molar-refractivity contribution >= 4 is 35.6 Å². The Kier molecular flexibility index (Phi) is 10.6. The van der Waals surface area contributed by atoms with Crippen LogP contribution in [0.15, 0.2) is 35.2 Å². The Bertz CT molecular complexity index is 884. The third kappa shape index (κ3) is 7.70. The molecule has 1 unspecified atom stereocenters. The summed E-state index contributed by atoms with van der Waals surface area (Å²) in [6.07, 6.45) is -5.29. The molecule has 0 spiro atoms. The van der Waals surface area contributed by atoms with Gasteiger partial charge in [0.1, 0.15) is 5.44 Å². The molecule has 1 aromatic rings. The van der Waals surface area contributed by atoms with Gasteiger partial charge >= 0.3 is 23.9 Å². The standard InChI is InChI=1S/C25H34O9S/c1-13(2)21(26)31-17-18(32-22(27)14(3)4)20(33-23(28)15(5)6)25(34-19(17)24(29)30-7)35-16-11-9-8-10-12-16/h8-15,17-20,25H,1-7H3/t17-,18-,19-,20+,25?/m0/s1. The van der Waals surface area contributed by atoms with E-state index < -0.39 is 71.5 Å². The van der Waals surface area contributed by atoms with Gasteiger partial charge in [-0.25, -0.2) is 4.79 Å². The highest BCUT2D eigenvalue weighted by atomic mass is 32.2. The quantitative estimate of drug-likeness (QED) is 0.362. The predicted molar refractivity (Wildman–Crippen MR) is 127 cm³/mol. The van der Waals surface area contributed by atoms with Crippen molar-refractivity contribution in [2.75, 3.05) is 7.11 Å². The lowest BCUT2D eigenvalue weighted by molar-refractivity contribution is -0.239. The van der Waals surface area contributed by atoms with E-state index in [-0.39, 0.29) is 0 Å². The Morgan fingerprint density at radius 3 is 1.66 bits per heavy atom. The van der Waals surface area contributed by atoms with Crippen molar-refractivity contribution in [1.82, 2.24) is 0 Å². The van der Waals surface area contributed by atoms with Crippen LogP contribution in [0.2, 0.25) is 0 Å². The maximum absolute atomic E-state index is 12.7. The molecule has 0 radical (unpaired) electrons. The normalized spacial score (nSPS) is 24.2. The van der Waals surface area contributed by atoms with E-state index in [1.807, 2.05) is 30.3 Å². The van der Waals surface area contributed by atoms with Crippen LogP contribution >= 0.6 is 11.8 Å². The van der Waals surface area contributed by atoms with Crippen molar-refractivity contribution in [3.8, 4) is 0 Å². The van der Waals surface area contributed by atoms with Crippen LogP contribution in [0, 0.1) is 17.8 Å². The van der Waals surface area contributed by atoms with E-state index in [4.69, 9.17) is 23.7 Å². The van der Waals surface area contributed by atoms with Gasteiger partial charge in [0, 0.05) is 4.90 Å². The number of esters is 4. The number of methoxy groups -OCH3 is 1. The van der Waals surface area contributed by atoms with E-state index in [9.17, 15) is 19.2 Å². The first-order valence-electron chi connectivity index (χ1n) is 11.5. The van der Waals surface area contributed by atoms with Crippen LogP contribution in [0.1, 0.15) is 41.5 Å². The van der Waals surface area contributed by atoms with E-state index >= 15 is 0 Å². The second-order valence-corrected chi connectivity index (χ2v) is 10.2. The summed E-state index contributed by atoms with van der Waals surface area (Å²) in [6, 6.07) is 9.13. The Hall–Kier alpha value is -2.59. The second kappa shape index (κ2) is 12.9. The number of thioether (sulfide) groups is 1. The molecule has 0 saturated carbocycles. The van der Waals surface area contributed by atoms with E-state index in [1.165, 1.54) is 18.9 Å². The van der Waals surface area contributed by atoms with Crippen LogP contribution in [0.3, 0.4) is 0 Å². The zero-order valence-corrected chi connectivity index (χ0v) is 21.9. The molecule has 194 valence electrons. The molecule has 1 saturated heterocycles. The Labute approximate surface area is 210 Å². The maximum atomic E-state index is 12.7. The summed E-state index contributed by atoms with van der Waals surface area (Å²) in [4.78, 5) is 51.4. The fraction of sp³-hybridized carbons (Fsp3) is 0.600. The predicted octanol–water partition coefficient (Wildman–Crippen LogP) is 3.38. The third-order valence-corrected chi connectivity index (χ3v) is 6.25. The molecule has 10 heteroatoms. The lowest BCUT2D eigenvalue weighted by atomic mass is 9.98. The lowest BCUT2D eigenvalue weighted by Crippen LogP contribution is -2.63. The monoisotopic (exact) mass is 510 g/mol. The smallest absolute Gasteiger partial charge is 0.339 e. The second-order valence-electron chi connectivity index (χ2n) is 9.05. The van der Waals surface area contributed by atoms with Crippen LogP contribution in [0.5, 0.6) is 0 Å². The minimum Gasteiger partial charge on any atom is -0.467 e. The number of rotatable bonds is 9. The van der Waals surface area contributed by atoms with Gasteiger partial charge in [-0.15, -0.1) is 0 Å². The summed E-state index contributed by atoms with van der Waals surface area (Å²) in [7, 11) is 1.17. The van der Waals surface area contributed by atoms with Crippen molar-refractivity contribution in [3.05, 3.63) is 30.3 Å². The topological polar surface area (TPSA) is 114 Å². The molecule has 5 atom stereocenters. The molecule has 2 rings (SSSR count). The average Bonchev–Trinajstić information content (AvgIpc) is 2.81. The highest BCUT2D eigenvalue weighted by Crippen LogP contribution is 2.38. The highest BCUT2D eigenvalue weighted by molar-refractivity contribution is 7.99. The van der Waals surface area contributed by atoms with E-state index in [0.717, 1.165) is 4.90 Å². The summed E-state index contributed by atoms with van der Waals surface area (Å²) in [5.74, 6) is -4.19. The summed E-state index contributed by atoms with van der Waals surface area (Å²) in [5, 5.41) is 0. The van der Waals surface area contributed by atoms with Crippen molar-refractivity contribution in [2.45, 2.75) is 76.3 Å². The first-order valence-corrected chi connectivity index (χ1v) is 12.4. The number of benzene rings is 1. The number of carbonyl (C=O) groups excluding carboxylic acids is 4. The van der Waals surface area contributed by atoms with Crippen LogP contribution in [0.25, 0.3) is 0 Å². The van der Waals surface area contributed by atoms with Crippen molar-refractivity contribution < 1.29 is 42.9 Å². The number of hydrogen-bond donors (Lipinski definition) is 0. The molecule has 1 fully saturated rings. The maximum Gasteiger partial charge on any atom is 0.339 e. The molecule has 0 aliphatic carbocycles. The summed E-state index contributed by atoms with van der Waals surface area (Å²) >= 11 is 1.19. The molecule has 1 heterocycles. The molecule has 0 bridgehead atoms. The minimum absolute atomic E-state index is 0.492. The van der Waals surface area contributed by atoms with Crippen molar-refractivity contribution in [1.29, 1.82) is 0 Å². The van der Waals surface area contributed by atoms with Crippen LogP contribution in [-0.2, 0) is 42.9 Å². The minimum atomic E-state index is -1.41. The SMILES string of the molecule is COC(=O)[C@H]1OC(Sc2ccccc2)[C@H](OC(=O)C(C)C)[C@@H](OC(=O)C(C)C)[C@@H]1OC(=O)C(C)C. The first-order chi connectivity index (χ1) is 16.5. The van der Waals surface area contributed by atoms with E-state index in [1.54, 1.807) is 41.5 Å². The van der Waals surface area contributed by atoms with E-state index in [2.05, 4.69) is 0 Å². The molecule has 0 N–H and O–H groups in total. The van der Waals surface area contributed by atoms with Gasteiger partial charge in [-0.05, 0) is 12.1 Å². The molecular formula is C25H34O9S. The summed E-state index contributed by atoms with van der Waals surface area (Å²) < 4.78 is 28.1. The van der Waals surface area contributed by atoms with Crippen LogP contribution in [-0.4, -0.2) is 60.8 Å². The Morgan fingerprint density at radius 1 is 0.743 bits per heavy atom. The Balaban J connectivity index is 2.58. The zero-order chi connectivity index (χ0) is 26.3. The Morgan fingerprint density at radius 2 is 1.20 bits per heavy atom. The van der Waals surface area contributed by atoms with Crippen molar-refractivity contribution in [3.63, 3.8) is 0 Å². The first kappa shape index (κ1) is 28.6. The molecular weight excluding hydrogens is 476 g/mol. The average molecular weight is 511 g/mol. The number of hydrogen-bond acceptors (Lipinski definition) is 10. The molecule has 1 aliphatic heterocycles. The van der Waals surface area contributed by atoms with Gasteiger partial charge in [-0.2, -0.15) is 0 Å². The molecule has 0 amide bonds. The lowest BCUT2D eigenvalue weighted by Gasteiger charge is -2.44. The van der Waals surface area contributed by atoms with Crippen LogP contribution in [0.4, 0.5) is 0 Å². The fourth-order valence-electron chi connectivity index (χ4n) is 3.04. The van der Waals surface area contributed by atoms with Gasteiger partial charge < -0.3 is 23.7 Å². The van der Waals surface area contributed by atoms with Gasteiger partial charge in [0.25, 0.3) is 0 Å². The van der Waals surface area contributed by atoms with E-state index in [0.29, 0.717) is 0 Å². The van der Waals surface area contributed by atoms with Gasteiger partial charge in [0.05, 0.1) is 24.9 Å². The van der Waals surface area contributed by atoms with Crippen molar-refractivity contribution in [2.24, 2.45) is 17.8 Å². The fourth-order valence-corrected chi connectivity index (χ4v) is 4.15. The van der Waals surface area contributed by atoms with Gasteiger partial charge in [0.15, 0.2) is 24.4 Å². The molecule has 0 aromatic heterocycles. The van der Waals surface area contributed by atoms with Gasteiger partial charge in [-0.3, -0.25) is 14.4 Å². The van der Waals surface area contributed by atoms with Gasteiger partial charge in [-0.1, -0.05) is 71.5 Å². The molecule has 1 aliphatic rings. The van der Waals surface area contributed by atoms with Crippen LogP contribution < -0.4 is 0 Å². The number of ether oxygens (including phenoxy) is 5. The largest absolute Gasteiger partial charge is 0.467 e. The molecule has 1 aromatic carbocycles. The summed E-state index contributed by atoms with van der Waals surface area (Å²) in [5.41, 5.74) is -0.969. The highest BCUT2D eigenvalue weighted by Gasteiger charge is 2.55. The molecule has 9 nitrogen and oxygen atoms in total. The molecule has 35 heavy (non-hydrogen) atoms. The third-order valence-electron chi connectivity index (χ3n) is 5.09. The van der Waals surface area contributed by atoms with Gasteiger partial charge in [0.2, 0.25) is 0 Å². The number of carbonyl (C=O) groups is 4. The zero-order valence-electron chi connectivity index (χ0n) is 21.1. The summed E-state index contributed by atoms with van der Waals surface area (Å²) in [6.45, 7) is 9.85.